The average Bonchev–Trinajstić information content (AvgIpc) is 2.98. The third-order valence-electron chi connectivity index (χ3n) is 2.24. The van der Waals surface area contributed by atoms with Gasteiger partial charge in [-0.25, -0.2) is 4.98 Å². The lowest BCUT2D eigenvalue weighted by molar-refractivity contribution is -0.274. The smallest absolute Gasteiger partial charge is 0.404 e. The molecule has 2 rings (SSSR count). The van der Waals surface area contributed by atoms with Gasteiger partial charge in [-0.05, 0) is 30.9 Å². The molecule has 0 amide bonds. The summed E-state index contributed by atoms with van der Waals surface area (Å²) < 4.78 is 39.2. The van der Waals surface area contributed by atoms with Crippen molar-refractivity contribution in [2.24, 2.45) is 5.92 Å². The molecule has 1 N–H and O–H groups in total. The molecule has 88 valence electrons. The minimum Gasteiger partial charge on any atom is -0.404 e. The second-order valence-corrected chi connectivity index (χ2v) is 3.75. The minimum absolute atomic E-state index is 0.301. The summed E-state index contributed by atoms with van der Waals surface area (Å²) >= 11 is 0. The summed E-state index contributed by atoms with van der Waals surface area (Å²) in [7, 11) is 0. The Labute approximate surface area is 90.6 Å². The van der Waals surface area contributed by atoms with Crippen LogP contribution < -0.4 is 10.1 Å². The number of hydrogen-bond donors (Lipinski definition) is 1. The van der Waals surface area contributed by atoms with Crippen molar-refractivity contribution in [1.29, 1.82) is 0 Å². The largest absolute Gasteiger partial charge is 0.573 e. The molecule has 1 aromatic rings. The number of nitrogens with zero attached hydrogens (tertiary/aromatic N) is 1. The Kier molecular flexibility index (Phi) is 2.89. The Hall–Kier alpha value is -1.46. The van der Waals surface area contributed by atoms with Crippen molar-refractivity contribution >= 4 is 5.82 Å². The van der Waals surface area contributed by atoms with Gasteiger partial charge in [0.15, 0.2) is 0 Å². The van der Waals surface area contributed by atoms with Crippen LogP contribution in [0.15, 0.2) is 18.3 Å². The summed E-state index contributed by atoms with van der Waals surface area (Å²) in [5, 5.41) is 3.05. The summed E-state index contributed by atoms with van der Waals surface area (Å²) in [5.41, 5.74) is 0. The van der Waals surface area contributed by atoms with E-state index in [-0.39, 0.29) is 5.75 Å². The Morgan fingerprint density at radius 3 is 2.62 bits per heavy atom. The van der Waals surface area contributed by atoms with Gasteiger partial charge in [0.05, 0.1) is 6.20 Å². The fourth-order valence-electron chi connectivity index (χ4n) is 1.25. The maximum absolute atomic E-state index is 11.8. The summed E-state index contributed by atoms with van der Waals surface area (Å²) in [6, 6.07) is 2.72. The van der Waals surface area contributed by atoms with Crippen LogP contribution in [-0.4, -0.2) is 17.9 Å². The number of anilines is 1. The molecule has 0 atom stereocenters. The molecule has 0 bridgehead atoms. The molecule has 1 aliphatic carbocycles. The third-order valence-corrected chi connectivity index (χ3v) is 2.24. The zero-order chi connectivity index (χ0) is 11.6. The van der Waals surface area contributed by atoms with E-state index in [9.17, 15) is 13.2 Å². The Morgan fingerprint density at radius 1 is 1.38 bits per heavy atom. The van der Waals surface area contributed by atoms with Gasteiger partial charge in [0.25, 0.3) is 0 Å². The van der Waals surface area contributed by atoms with Crippen molar-refractivity contribution in [2.75, 3.05) is 11.9 Å². The summed E-state index contributed by atoms with van der Waals surface area (Å²) in [5.74, 6) is 0.957. The molecule has 1 fully saturated rings. The van der Waals surface area contributed by atoms with Gasteiger partial charge in [0.2, 0.25) is 0 Å². The Bertz CT molecular complexity index is 346. The van der Waals surface area contributed by atoms with Gasteiger partial charge in [-0.3, -0.25) is 0 Å². The van der Waals surface area contributed by atoms with Gasteiger partial charge in [-0.15, -0.1) is 13.2 Å². The molecule has 1 heterocycles. The van der Waals surface area contributed by atoms with E-state index in [0.29, 0.717) is 11.7 Å². The van der Waals surface area contributed by atoms with E-state index in [2.05, 4.69) is 15.0 Å². The van der Waals surface area contributed by atoms with E-state index in [1.54, 1.807) is 0 Å². The second-order valence-electron chi connectivity index (χ2n) is 3.75. The number of halogens is 3. The molecule has 0 unspecified atom stereocenters. The first-order valence-electron chi connectivity index (χ1n) is 4.98. The molecular formula is C10H11F3N2O. The molecule has 3 nitrogen and oxygen atoms in total. The predicted molar refractivity (Wildman–Crippen MR) is 52.1 cm³/mol. The molecule has 0 aromatic carbocycles. The Morgan fingerprint density at radius 2 is 2.12 bits per heavy atom. The maximum Gasteiger partial charge on any atom is 0.573 e. The van der Waals surface area contributed by atoms with Crippen LogP contribution in [0.25, 0.3) is 0 Å². The van der Waals surface area contributed by atoms with Gasteiger partial charge in [-0.1, -0.05) is 0 Å². The lowest BCUT2D eigenvalue weighted by Crippen LogP contribution is -2.17. The van der Waals surface area contributed by atoms with Crippen LogP contribution in [0.2, 0.25) is 0 Å². The van der Waals surface area contributed by atoms with Crippen molar-refractivity contribution in [3.63, 3.8) is 0 Å². The number of rotatable bonds is 4. The van der Waals surface area contributed by atoms with E-state index >= 15 is 0 Å². The summed E-state index contributed by atoms with van der Waals surface area (Å²) in [6.45, 7) is 0.826. The fraction of sp³-hybridized carbons (Fsp3) is 0.500. The lowest BCUT2D eigenvalue weighted by Gasteiger charge is -2.09. The van der Waals surface area contributed by atoms with Gasteiger partial charge >= 0.3 is 6.36 Å². The molecule has 1 aromatic heterocycles. The van der Waals surface area contributed by atoms with E-state index in [1.807, 2.05) is 0 Å². The maximum atomic E-state index is 11.8. The molecule has 1 aliphatic rings. The Balaban J connectivity index is 1.87. The highest BCUT2D eigenvalue weighted by Crippen LogP contribution is 2.29. The highest BCUT2D eigenvalue weighted by atomic mass is 19.4. The first-order valence-corrected chi connectivity index (χ1v) is 4.98. The van der Waals surface area contributed by atoms with Gasteiger partial charge in [0.1, 0.15) is 11.6 Å². The topological polar surface area (TPSA) is 34.1 Å². The molecule has 1 saturated carbocycles. The van der Waals surface area contributed by atoms with Crippen LogP contribution >= 0.6 is 0 Å². The molecule has 0 saturated heterocycles. The number of hydrogen-bond acceptors (Lipinski definition) is 3. The third kappa shape index (κ3) is 3.60. The number of nitrogens with one attached hydrogen (secondary N) is 1. The summed E-state index contributed by atoms with van der Waals surface area (Å²) in [4.78, 5) is 3.83. The van der Waals surface area contributed by atoms with Crippen LogP contribution in [0.1, 0.15) is 12.8 Å². The second kappa shape index (κ2) is 4.19. The molecule has 0 radical (unpaired) electrons. The molecule has 16 heavy (non-hydrogen) atoms. The quantitative estimate of drug-likeness (QED) is 0.866. The number of alkyl halides is 3. The summed E-state index contributed by atoms with van der Waals surface area (Å²) in [6.07, 6.45) is -1.18. The predicted octanol–water partition coefficient (Wildman–Crippen LogP) is 2.80. The lowest BCUT2D eigenvalue weighted by atomic mass is 10.4. The fourth-order valence-corrected chi connectivity index (χ4v) is 1.25. The number of pyridine rings is 1. The van der Waals surface area contributed by atoms with Crippen molar-refractivity contribution in [2.45, 2.75) is 19.2 Å². The van der Waals surface area contributed by atoms with Crippen molar-refractivity contribution in [3.05, 3.63) is 18.3 Å². The first kappa shape index (κ1) is 11.0. The van der Waals surface area contributed by atoms with E-state index in [0.717, 1.165) is 12.7 Å². The highest BCUT2D eigenvalue weighted by molar-refractivity contribution is 5.37. The number of ether oxygens (including phenoxy) is 1. The van der Waals surface area contributed by atoms with Crippen molar-refractivity contribution in [3.8, 4) is 5.75 Å². The zero-order valence-electron chi connectivity index (χ0n) is 8.42. The normalized spacial score (nSPS) is 15.9. The van der Waals surface area contributed by atoms with Crippen molar-refractivity contribution < 1.29 is 17.9 Å². The molecular weight excluding hydrogens is 221 g/mol. The van der Waals surface area contributed by atoms with Crippen LogP contribution in [0.5, 0.6) is 5.75 Å². The number of aromatic nitrogens is 1. The zero-order valence-corrected chi connectivity index (χ0v) is 8.42. The minimum atomic E-state index is -4.66. The first-order chi connectivity index (χ1) is 7.53. The van der Waals surface area contributed by atoms with Crippen LogP contribution in [0.3, 0.4) is 0 Å². The van der Waals surface area contributed by atoms with Gasteiger partial charge in [0, 0.05) is 6.54 Å². The van der Waals surface area contributed by atoms with E-state index in [4.69, 9.17) is 0 Å². The van der Waals surface area contributed by atoms with Gasteiger partial charge in [-0.2, -0.15) is 0 Å². The van der Waals surface area contributed by atoms with Gasteiger partial charge < -0.3 is 10.1 Å². The van der Waals surface area contributed by atoms with E-state index in [1.165, 1.54) is 25.0 Å². The molecule has 0 spiro atoms. The van der Waals surface area contributed by atoms with Crippen molar-refractivity contribution in [1.82, 2.24) is 4.98 Å². The van der Waals surface area contributed by atoms with E-state index < -0.39 is 6.36 Å². The molecule has 6 heteroatoms. The monoisotopic (exact) mass is 232 g/mol. The highest BCUT2D eigenvalue weighted by Gasteiger charge is 2.31. The average molecular weight is 232 g/mol. The standard InChI is InChI=1S/C10H11F3N2O/c11-10(12,13)16-8-3-4-9(15-6-8)14-5-7-1-2-7/h3-4,6-7H,1-2,5H2,(H,14,15). The van der Waals surface area contributed by atoms with Crippen LogP contribution in [0, 0.1) is 5.92 Å². The van der Waals surface area contributed by atoms with Crippen LogP contribution in [0.4, 0.5) is 19.0 Å². The van der Waals surface area contributed by atoms with Crippen LogP contribution in [-0.2, 0) is 0 Å². The SMILES string of the molecule is FC(F)(F)Oc1ccc(NCC2CC2)nc1. The molecule has 0 aliphatic heterocycles.